The van der Waals surface area contributed by atoms with Crippen molar-refractivity contribution in [1.82, 2.24) is 20.2 Å². The molecule has 0 spiro atoms. The Bertz CT molecular complexity index is 413. The normalized spacial score (nSPS) is 16.6. The molecule has 2 heterocycles. The Kier molecular flexibility index (Phi) is 5.73. The predicted octanol–water partition coefficient (Wildman–Crippen LogP) is 1.43. The van der Waals surface area contributed by atoms with Gasteiger partial charge in [0.15, 0.2) is 0 Å². The number of nitrogens with one attached hydrogen (secondary N) is 1. The third-order valence-corrected chi connectivity index (χ3v) is 3.91. The van der Waals surface area contributed by atoms with Gasteiger partial charge in [-0.05, 0) is 26.4 Å². The molecular formula is C15H27N5. The van der Waals surface area contributed by atoms with E-state index < -0.39 is 0 Å². The highest BCUT2D eigenvalue weighted by Gasteiger charge is 2.18. The van der Waals surface area contributed by atoms with E-state index in [0.717, 1.165) is 63.9 Å². The zero-order valence-electron chi connectivity index (χ0n) is 13.0. The van der Waals surface area contributed by atoms with Gasteiger partial charge < -0.3 is 15.1 Å². The molecule has 1 fully saturated rings. The van der Waals surface area contributed by atoms with Gasteiger partial charge in [-0.1, -0.05) is 13.8 Å². The van der Waals surface area contributed by atoms with Crippen LogP contribution in [-0.2, 0) is 6.54 Å². The third-order valence-electron chi connectivity index (χ3n) is 3.91. The molecule has 20 heavy (non-hydrogen) atoms. The highest BCUT2D eigenvalue weighted by atomic mass is 15.3. The summed E-state index contributed by atoms with van der Waals surface area (Å²) in [5, 5.41) is 3.40. The summed E-state index contributed by atoms with van der Waals surface area (Å²) in [5.41, 5.74) is 2.30. The number of anilines is 1. The van der Waals surface area contributed by atoms with Crippen molar-refractivity contribution < 1.29 is 0 Å². The first-order chi connectivity index (χ1) is 9.74. The standard InChI is InChI=1S/C15H27N5/c1-4-6-16-11-14-12-17-15(18-13(14)3)20-9-7-19(5-2)8-10-20/h12,16H,4-11H2,1-3H3. The first-order valence-corrected chi connectivity index (χ1v) is 7.75. The van der Waals surface area contributed by atoms with Crippen LogP contribution in [0, 0.1) is 6.92 Å². The fourth-order valence-corrected chi connectivity index (χ4v) is 2.47. The predicted molar refractivity (Wildman–Crippen MR) is 83.1 cm³/mol. The fraction of sp³-hybridized carbons (Fsp3) is 0.733. The SMILES string of the molecule is CCCNCc1cnc(N2CCN(CC)CC2)nc1C. The zero-order chi connectivity index (χ0) is 14.4. The van der Waals surface area contributed by atoms with E-state index in [1.54, 1.807) is 0 Å². The molecule has 112 valence electrons. The second-order valence-electron chi connectivity index (χ2n) is 5.38. The van der Waals surface area contributed by atoms with Gasteiger partial charge in [0.1, 0.15) is 0 Å². The van der Waals surface area contributed by atoms with Gasteiger partial charge in [-0.25, -0.2) is 9.97 Å². The Morgan fingerprint density at radius 3 is 2.55 bits per heavy atom. The maximum Gasteiger partial charge on any atom is 0.225 e. The summed E-state index contributed by atoms with van der Waals surface area (Å²) in [6.45, 7) is 13.8. The minimum absolute atomic E-state index is 0.865. The summed E-state index contributed by atoms with van der Waals surface area (Å²) < 4.78 is 0. The van der Waals surface area contributed by atoms with Crippen molar-refractivity contribution in [1.29, 1.82) is 0 Å². The molecule has 0 saturated carbocycles. The Morgan fingerprint density at radius 2 is 1.95 bits per heavy atom. The Hall–Kier alpha value is -1.20. The minimum atomic E-state index is 0.865. The number of likely N-dealkylation sites (N-methyl/N-ethyl adjacent to an activating group) is 1. The van der Waals surface area contributed by atoms with Gasteiger partial charge in [-0.3, -0.25) is 0 Å². The molecule has 0 aromatic carbocycles. The van der Waals surface area contributed by atoms with Gasteiger partial charge in [-0.2, -0.15) is 0 Å². The summed E-state index contributed by atoms with van der Waals surface area (Å²) >= 11 is 0. The number of aryl methyl sites for hydroxylation is 1. The number of piperazine rings is 1. The van der Waals surface area contributed by atoms with E-state index in [4.69, 9.17) is 0 Å². The van der Waals surface area contributed by atoms with Gasteiger partial charge in [0.05, 0.1) is 0 Å². The third kappa shape index (κ3) is 3.90. The smallest absolute Gasteiger partial charge is 0.225 e. The van der Waals surface area contributed by atoms with E-state index in [-0.39, 0.29) is 0 Å². The quantitative estimate of drug-likeness (QED) is 0.797. The van der Waals surface area contributed by atoms with E-state index in [0.29, 0.717) is 0 Å². The van der Waals surface area contributed by atoms with Crippen molar-refractivity contribution >= 4 is 5.95 Å². The lowest BCUT2D eigenvalue weighted by Gasteiger charge is -2.34. The van der Waals surface area contributed by atoms with Crippen LogP contribution in [0.2, 0.25) is 0 Å². The second-order valence-corrected chi connectivity index (χ2v) is 5.38. The van der Waals surface area contributed by atoms with Crippen molar-refractivity contribution in [2.24, 2.45) is 0 Å². The molecule has 1 saturated heterocycles. The Balaban J connectivity index is 1.95. The number of rotatable bonds is 6. The Labute approximate surface area is 122 Å². The van der Waals surface area contributed by atoms with Crippen LogP contribution in [0.15, 0.2) is 6.20 Å². The lowest BCUT2D eigenvalue weighted by Crippen LogP contribution is -2.46. The summed E-state index contributed by atoms with van der Waals surface area (Å²) in [6, 6.07) is 0. The van der Waals surface area contributed by atoms with Crippen LogP contribution in [0.3, 0.4) is 0 Å². The molecule has 1 aliphatic rings. The number of nitrogens with zero attached hydrogens (tertiary/aromatic N) is 4. The zero-order valence-corrected chi connectivity index (χ0v) is 13.0. The van der Waals surface area contributed by atoms with Crippen LogP contribution in [0.5, 0.6) is 0 Å². The molecular weight excluding hydrogens is 250 g/mol. The summed E-state index contributed by atoms with van der Waals surface area (Å²) in [6.07, 6.45) is 3.13. The molecule has 5 heteroatoms. The molecule has 0 bridgehead atoms. The summed E-state index contributed by atoms with van der Waals surface area (Å²) in [4.78, 5) is 14.0. The van der Waals surface area contributed by atoms with Crippen molar-refractivity contribution in [3.8, 4) is 0 Å². The van der Waals surface area contributed by atoms with Gasteiger partial charge in [0.2, 0.25) is 5.95 Å². The summed E-state index contributed by atoms with van der Waals surface area (Å²) in [7, 11) is 0. The number of hydrogen-bond donors (Lipinski definition) is 1. The van der Waals surface area contributed by atoms with Crippen LogP contribution in [0.4, 0.5) is 5.95 Å². The lowest BCUT2D eigenvalue weighted by atomic mass is 10.2. The number of hydrogen-bond acceptors (Lipinski definition) is 5. The molecule has 0 radical (unpaired) electrons. The maximum atomic E-state index is 4.68. The van der Waals surface area contributed by atoms with E-state index in [2.05, 4.69) is 45.9 Å². The molecule has 0 amide bonds. The fourth-order valence-electron chi connectivity index (χ4n) is 2.47. The molecule has 1 aliphatic heterocycles. The van der Waals surface area contributed by atoms with Crippen LogP contribution >= 0.6 is 0 Å². The Morgan fingerprint density at radius 1 is 1.20 bits per heavy atom. The highest BCUT2D eigenvalue weighted by Crippen LogP contribution is 2.13. The van der Waals surface area contributed by atoms with Gasteiger partial charge in [0, 0.05) is 50.2 Å². The van der Waals surface area contributed by atoms with Crippen molar-refractivity contribution in [2.75, 3.05) is 44.2 Å². The first kappa shape index (κ1) is 15.2. The van der Waals surface area contributed by atoms with E-state index >= 15 is 0 Å². The molecule has 1 aromatic heterocycles. The second kappa shape index (κ2) is 7.55. The van der Waals surface area contributed by atoms with E-state index in [1.165, 1.54) is 5.56 Å². The average molecular weight is 277 g/mol. The number of aromatic nitrogens is 2. The van der Waals surface area contributed by atoms with Crippen molar-refractivity contribution in [2.45, 2.75) is 33.7 Å². The minimum Gasteiger partial charge on any atom is -0.338 e. The lowest BCUT2D eigenvalue weighted by molar-refractivity contribution is 0.270. The molecule has 1 aromatic rings. The van der Waals surface area contributed by atoms with Gasteiger partial charge in [-0.15, -0.1) is 0 Å². The molecule has 0 unspecified atom stereocenters. The molecule has 2 rings (SSSR count). The molecule has 0 atom stereocenters. The maximum absolute atomic E-state index is 4.68. The van der Waals surface area contributed by atoms with Gasteiger partial charge >= 0.3 is 0 Å². The van der Waals surface area contributed by atoms with Crippen LogP contribution < -0.4 is 10.2 Å². The topological polar surface area (TPSA) is 44.3 Å². The van der Waals surface area contributed by atoms with Gasteiger partial charge in [0.25, 0.3) is 0 Å². The molecule has 0 aliphatic carbocycles. The monoisotopic (exact) mass is 277 g/mol. The first-order valence-electron chi connectivity index (χ1n) is 7.75. The highest BCUT2D eigenvalue weighted by molar-refractivity contribution is 5.33. The molecule has 1 N–H and O–H groups in total. The van der Waals surface area contributed by atoms with Crippen molar-refractivity contribution in [3.63, 3.8) is 0 Å². The van der Waals surface area contributed by atoms with Crippen LogP contribution in [-0.4, -0.2) is 54.1 Å². The largest absolute Gasteiger partial charge is 0.338 e. The van der Waals surface area contributed by atoms with Crippen LogP contribution in [0.25, 0.3) is 0 Å². The molecule has 5 nitrogen and oxygen atoms in total. The van der Waals surface area contributed by atoms with Crippen LogP contribution in [0.1, 0.15) is 31.5 Å². The van der Waals surface area contributed by atoms with E-state index in [1.807, 2.05) is 6.20 Å². The summed E-state index contributed by atoms with van der Waals surface area (Å²) in [5.74, 6) is 0.887. The average Bonchev–Trinajstić information content (AvgIpc) is 2.49. The van der Waals surface area contributed by atoms with Crippen molar-refractivity contribution in [3.05, 3.63) is 17.5 Å². The van der Waals surface area contributed by atoms with E-state index in [9.17, 15) is 0 Å².